The van der Waals surface area contributed by atoms with Crippen molar-refractivity contribution in [1.82, 2.24) is 14.1 Å². The summed E-state index contributed by atoms with van der Waals surface area (Å²) in [6.45, 7) is 22.7. The van der Waals surface area contributed by atoms with Gasteiger partial charge in [-0.1, -0.05) is 160 Å². The average molecular weight is 827 g/mol. The largest absolute Gasteiger partial charge is 0.458 e. The second-order valence-corrected chi connectivity index (χ2v) is 20.1. The first-order chi connectivity index (χ1) is 30.0. The van der Waals surface area contributed by atoms with E-state index in [-0.39, 0.29) is 21.7 Å². The van der Waals surface area contributed by atoms with E-state index < -0.39 is 0 Å². The Bertz CT molecular complexity index is 3080. The normalized spacial score (nSPS) is 12.6. The molecule has 3 heterocycles. The van der Waals surface area contributed by atoms with Crippen LogP contribution < -0.4 is 9.30 Å². The summed E-state index contributed by atoms with van der Waals surface area (Å²) in [5.74, 6) is 2.39. The number of fused-ring (bicyclic) bond motifs is 3. The quantitative estimate of drug-likeness (QED) is 0.107. The molecule has 5 nitrogen and oxygen atoms in total. The number of imidazole rings is 1. The maximum Gasteiger partial charge on any atom is 0.269 e. The molecule has 0 spiro atoms. The maximum atomic E-state index is 7.02. The van der Waals surface area contributed by atoms with Crippen molar-refractivity contribution >= 4 is 21.8 Å². The number of rotatable bonds is 9. The molecule has 3 aromatic heterocycles. The number of nitrogens with zero attached hydrogens (tertiary/aromatic N) is 4. The zero-order valence-corrected chi connectivity index (χ0v) is 38.4. The van der Waals surface area contributed by atoms with Crippen molar-refractivity contribution in [1.29, 1.82) is 0 Å². The van der Waals surface area contributed by atoms with Crippen LogP contribution in [0.5, 0.6) is 11.5 Å². The molecule has 0 saturated heterocycles. The molecule has 0 aliphatic rings. The van der Waals surface area contributed by atoms with E-state index in [2.05, 4.69) is 253 Å². The smallest absolute Gasteiger partial charge is 0.269 e. The van der Waals surface area contributed by atoms with Crippen LogP contribution in [0, 0.1) is 6.33 Å². The Morgan fingerprint density at radius 2 is 1.10 bits per heavy atom. The van der Waals surface area contributed by atoms with Gasteiger partial charge in [0.2, 0.25) is 0 Å². The van der Waals surface area contributed by atoms with Gasteiger partial charge >= 0.3 is 0 Å². The third kappa shape index (κ3) is 7.86. The lowest BCUT2D eigenvalue weighted by molar-refractivity contribution is -0.599. The van der Waals surface area contributed by atoms with Gasteiger partial charge < -0.3 is 4.74 Å². The molecule has 9 rings (SSSR count). The van der Waals surface area contributed by atoms with Crippen LogP contribution in [-0.4, -0.2) is 14.1 Å². The first-order valence-corrected chi connectivity index (χ1v) is 22.1. The van der Waals surface area contributed by atoms with Crippen LogP contribution in [0.25, 0.3) is 39.0 Å². The fourth-order valence-electron chi connectivity index (χ4n) is 8.85. The maximum absolute atomic E-state index is 7.02. The first-order valence-electron chi connectivity index (χ1n) is 22.1. The molecule has 0 fully saturated rings. The fraction of sp³-hybridized carbons (Fsp3) is 0.241. The molecule has 6 aromatic carbocycles. The van der Waals surface area contributed by atoms with Crippen LogP contribution in [0.4, 0.5) is 0 Å². The van der Waals surface area contributed by atoms with E-state index in [1.54, 1.807) is 0 Å². The van der Waals surface area contributed by atoms with Crippen LogP contribution in [-0.2, 0) is 21.7 Å². The van der Waals surface area contributed by atoms with Crippen molar-refractivity contribution in [2.75, 3.05) is 0 Å². The Hall–Kier alpha value is -6.72. The highest BCUT2D eigenvalue weighted by Gasteiger charge is 2.28. The molecule has 0 bridgehead atoms. The minimum atomic E-state index is -0.331. The van der Waals surface area contributed by atoms with Crippen molar-refractivity contribution in [3.05, 3.63) is 210 Å². The summed E-state index contributed by atoms with van der Waals surface area (Å²) in [7, 11) is 0. The molecular formula is C58H58N4O. The van der Waals surface area contributed by atoms with Crippen molar-refractivity contribution in [3.63, 3.8) is 0 Å². The summed E-state index contributed by atoms with van der Waals surface area (Å²) in [5, 5.41) is 2.33. The summed E-state index contributed by atoms with van der Waals surface area (Å²) < 4.78 is 13.6. The number of aromatic nitrogens is 4. The number of para-hydroxylation sites is 1. The molecule has 0 radical (unpaired) electrons. The van der Waals surface area contributed by atoms with Gasteiger partial charge in [0, 0.05) is 40.1 Å². The van der Waals surface area contributed by atoms with Crippen LogP contribution in [0.3, 0.4) is 0 Å². The van der Waals surface area contributed by atoms with Crippen LogP contribution in [0.15, 0.2) is 170 Å². The minimum absolute atomic E-state index is 0.0193. The summed E-state index contributed by atoms with van der Waals surface area (Å²) in [5.41, 5.74) is 10.8. The summed E-state index contributed by atoms with van der Waals surface area (Å²) in [6, 6.07) is 56.4. The Balaban J connectivity index is 1.17. The number of pyridine rings is 1. The second-order valence-electron chi connectivity index (χ2n) is 20.1. The van der Waals surface area contributed by atoms with Gasteiger partial charge in [0.05, 0.1) is 28.1 Å². The van der Waals surface area contributed by atoms with E-state index in [1.807, 2.05) is 6.20 Å². The predicted molar refractivity (Wildman–Crippen MR) is 259 cm³/mol. The molecule has 0 aliphatic heterocycles. The molecule has 0 atom stereocenters. The lowest BCUT2D eigenvalue weighted by atomic mass is 9.78. The molecule has 0 aliphatic carbocycles. The number of benzene rings is 6. The van der Waals surface area contributed by atoms with Crippen molar-refractivity contribution in [2.45, 2.75) is 90.9 Å². The van der Waals surface area contributed by atoms with Crippen LogP contribution in [0.1, 0.15) is 103 Å². The first kappa shape index (κ1) is 41.6. The molecule has 63 heavy (non-hydrogen) atoms. The number of ether oxygens (including phenoxy) is 1. The molecule has 0 unspecified atom stereocenters. The molecule has 9 aromatic rings. The van der Waals surface area contributed by atoms with Gasteiger partial charge in [-0.2, -0.15) is 0 Å². The van der Waals surface area contributed by atoms with E-state index in [9.17, 15) is 0 Å². The molecular weight excluding hydrogens is 769 g/mol. The Kier molecular flexibility index (Phi) is 10.3. The zero-order valence-electron chi connectivity index (χ0n) is 38.4. The number of hydrogen-bond acceptors (Lipinski definition) is 2. The van der Waals surface area contributed by atoms with Gasteiger partial charge in [0.25, 0.3) is 6.33 Å². The van der Waals surface area contributed by atoms with Crippen molar-refractivity contribution < 1.29 is 9.30 Å². The van der Waals surface area contributed by atoms with Gasteiger partial charge in [-0.25, -0.2) is 4.98 Å². The summed E-state index contributed by atoms with van der Waals surface area (Å²) in [4.78, 5) is 4.92. The monoisotopic (exact) mass is 826 g/mol. The van der Waals surface area contributed by atoms with Gasteiger partial charge in [-0.05, 0) is 99.3 Å². The molecule has 0 saturated carbocycles. The standard InChI is InChI=1S/C58H58N4O/c1-55(2,3)43-31-32-59-54(35-43)62-51-24-18-17-23-49(51)50-30-29-47(37-52(50)62)63-48-34-44(58(9,10)41-21-15-12-16-22-41)33-46(36-48)61-39-60(38-53(61)56(4,5)6)45-27-25-42(26-28-45)57(7,8)40-19-13-11-14-20-40/h11-38H,1-10H3. The highest BCUT2D eigenvalue weighted by atomic mass is 16.5. The fourth-order valence-corrected chi connectivity index (χ4v) is 8.85. The third-order valence-corrected chi connectivity index (χ3v) is 12.9. The van der Waals surface area contributed by atoms with Crippen molar-refractivity contribution in [3.8, 4) is 28.7 Å². The summed E-state index contributed by atoms with van der Waals surface area (Å²) >= 11 is 0. The lowest BCUT2D eigenvalue weighted by Gasteiger charge is -2.28. The highest BCUT2D eigenvalue weighted by molar-refractivity contribution is 6.09. The Labute approximate surface area is 373 Å². The highest BCUT2D eigenvalue weighted by Crippen LogP contribution is 2.40. The van der Waals surface area contributed by atoms with Crippen LogP contribution in [0.2, 0.25) is 0 Å². The minimum Gasteiger partial charge on any atom is -0.458 e. The average Bonchev–Trinajstić information content (AvgIpc) is 3.88. The second kappa shape index (κ2) is 15.6. The molecule has 0 amide bonds. The molecule has 0 N–H and O–H groups in total. The van der Waals surface area contributed by atoms with Crippen LogP contribution >= 0.6 is 0 Å². The zero-order chi connectivity index (χ0) is 44.3. The topological polar surface area (TPSA) is 35.9 Å². The number of hydrogen-bond donors (Lipinski definition) is 0. The van der Waals surface area contributed by atoms with Crippen molar-refractivity contribution in [2.24, 2.45) is 0 Å². The SMILES string of the molecule is CC(C)(C)c1ccnc(-n2c3ccccc3c3ccc(Oc4cc(-n5[c-][n+](-c6ccc(C(C)(C)c7ccccc7)cc6)cc5C(C)(C)C)cc(C(C)(C)c5ccccc5)c4)cc32)c1. The van der Waals surface area contributed by atoms with E-state index in [1.165, 1.54) is 27.6 Å². The van der Waals surface area contributed by atoms with Gasteiger partial charge in [0.15, 0.2) is 0 Å². The Morgan fingerprint density at radius 1 is 0.492 bits per heavy atom. The lowest BCUT2D eigenvalue weighted by Crippen LogP contribution is -2.29. The van der Waals surface area contributed by atoms with E-state index in [0.717, 1.165) is 56.4 Å². The Morgan fingerprint density at radius 3 is 1.75 bits per heavy atom. The summed E-state index contributed by atoms with van der Waals surface area (Å²) in [6.07, 6.45) is 7.92. The molecule has 316 valence electrons. The van der Waals surface area contributed by atoms with E-state index >= 15 is 0 Å². The molecule has 5 heteroatoms. The van der Waals surface area contributed by atoms with E-state index in [0.29, 0.717) is 0 Å². The van der Waals surface area contributed by atoms with Gasteiger partial charge in [-0.15, -0.1) is 0 Å². The van der Waals surface area contributed by atoms with Gasteiger partial charge in [0.1, 0.15) is 17.3 Å². The van der Waals surface area contributed by atoms with E-state index in [4.69, 9.17) is 9.72 Å². The predicted octanol–water partition coefficient (Wildman–Crippen LogP) is 14.1. The third-order valence-electron chi connectivity index (χ3n) is 12.9. The van der Waals surface area contributed by atoms with Gasteiger partial charge in [-0.3, -0.25) is 13.7 Å².